The first kappa shape index (κ1) is 24.4. The molecule has 2 nitrogen and oxygen atoms in total. The lowest BCUT2D eigenvalue weighted by atomic mass is 10.0. The molecule has 1 aliphatic heterocycles. The molecule has 202 valence electrons. The molecule has 0 aliphatic carbocycles. The summed E-state index contributed by atoms with van der Waals surface area (Å²) in [5, 5.41) is 7.46. The molecular weight excluding hydrogens is 541 g/mol. The van der Waals surface area contributed by atoms with Gasteiger partial charge in [-0.2, -0.15) is 0 Å². The molecule has 0 saturated heterocycles. The van der Waals surface area contributed by atoms with E-state index >= 15 is 4.57 Å². The molecule has 0 N–H and O–H groups in total. The minimum Gasteiger partial charge on any atom is -0.309 e. The van der Waals surface area contributed by atoms with Crippen molar-refractivity contribution in [2.75, 3.05) is 0 Å². The Morgan fingerprint density at radius 1 is 0.488 bits per heavy atom. The summed E-state index contributed by atoms with van der Waals surface area (Å²) in [7, 11) is -3.11. The number of rotatable bonds is 3. The molecule has 0 bridgehead atoms. The highest BCUT2D eigenvalue weighted by Crippen LogP contribution is 2.55. The standard InChI is InChI=1S/C40H26NOP/c42-43(32-12-2-1-3-13-32)38-17-9-7-14-33(38)34-24-25-37-39(40(34)43)35-15-6-8-16-36(35)41(37)31-22-20-28(21-23-31)30-19-18-27-10-4-5-11-29(27)26-30/h1-26H. The lowest BCUT2D eigenvalue weighted by Crippen LogP contribution is -2.21. The molecule has 7 aromatic carbocycles. The zero-order chi connectivity index (χ0) is 28.5. The van der Waals surface area contributed by atoms with Crippen molar-refractivity contribution in [3.63, 3.8) is 0 Å². The summed E-state index contributed by atoms with van der Waals surface area (Å²) in [4.78, 5) is 0. The molecule has 1 unspecified atom stereocenters. The molecule has 0 saturated carbocycles. The van der Waals surface area contributed by atoms with Gasteiger partial charge in [-0.05, 0) is 63.4 Å². The topological polar surface area (TPSA) is 22.0 Å². The molecule has 0 fully saturated rings. The quantitative estimate of drug-likeness (QED) is 0.195. The molecule has 0 radical (unpaired) electrons. The summed E-state index contributed by atoms with van der Waals surface area (Å²) in [6, 6.07) is 55.1. The maximum atomic E-state index is 15.5. The Bertz CT molecular complexity index is 2420. The molecule has 3 heteroatoms. The molecule has 1 aromatic heterocycles. The number of hydrogen-bond acceptors (Lipinski definition) is 1. The van der Waals surface area contributed by atoms with Gasteiger partial charge in [0.2, 0.25) is 0 Å². The Labute approximate surface area is 249 Å². The van der Waals surface area contributed by atoms with Crippen LogP contribution in [0.1, 0.15) is 0 Å². The number of fused-ring (bicyclic) bond motifs is 8. The first-order valence-corrected chi connectivity index (χ1v) is 16.3. The van der Waals surface area contributed by atoms with Crippen molar-refractivity contribution in [2.45, 2.75) is 0 Å². The molecule has 0 spiro atoms. The average molecular weight is 568 g/mol. The predicted molar refractivity (Wildman–Crippen MR) is 182 cm³/mol. The van der Waals surface area contributed by atoms with Crippen LogP contribution >= 0.6 is 7.14 Å². The second-order valence-electron chi connectivity index (χ2n) is 11.3. The second-order valence-corrected chi connectivity index (χ2v) is 13.9. The minimum absolute atomic E-state index is 0.880. The monoisotopic (exact) mass is 567 g/mol. The van der Waals surface area contributed by atoms with Crippen LogP contribution in [0.5, 0.6) is 0 Å². The third kappa shape index (κ3) is 3.45. The lowest BCUT2D eigenvalue weighted by molar-refractivity contribution is 0.593. The van der Waals surface area contributed by atoms with Crippen LogP contribution in [0.2, 0.25) is 0 Å². The molecule has 2 heterocycles. The van der Waals surface area contributed by atoms with E-state index in [0.29, 0.717) is 0 Å². The highest BCUT2D eigenvalue weighted by atomic mass is 31.2. The molecular formula is C40H26NOP. The Balaban J connectivity index is 1.29. The highest BCUT2D eigenvalue weighted by Gasteiger charge is 2.42. The Hall–Kier alpha value is -5.17. The van der Waals surface area contributed by atoms with E-state index in [1.165, 1.54) is 21.9 Å². The normalized spacial score (nSPS) is 15.6. The van der Waals surface area contributed by atoms with Crippen molar-refractivity contribution in [3.8, 4) is 27.9 Å². The Morgan fingerprint density at radius 2 is 1.19 bits per heavy atom. The van der Waals surface area contributed by atoms with Gasteiger partial charge in [0.05, 0.1) is 11.0 Å². The van der Waals surface area contributed by atoms with Crippen LogP contribution in [-0.4, -0.2) is 4.57 Å². The highest BCUT2D eigenvalue weighted by molar-refractivity contribution is 7.86. The number of benzene rings is 7. The summed E-state index contributed by atoms with van der Waals surface area (Å²) >= 11 is 0. The summed E-state index contributed by atoms with van der Waals surface area (Å²) in [5.41, 5.74) is 7.79. The van der Waals surface area contributed by atoms with Crippen LogP contribution in [0.25, 0.3) is 60.5 Å². The number of hydrogen-bond donors (Lipinski definition) is 0. The van der Waals surface area contributed by atoms with Crippen molar-refractivity contribution in [1.82, 2.24) is 4.57 Å². The maximum absolute atomic E-state index is 15.5. The number of para-hydroxylation sites is 1. The van der Waals surface area contributed by atoms with Crippen molar-refractivity contribution >= 4 is 55.6 Å². The van der Waals surface area contributed by atoms with Crippen LogP contribution in [0.3, 0.4) is 0 Å². The fraction of sp³-hybridized carbons (Fsp3) is 0. The van der Waals surface area contributed by atoms with Gasteiger partial charge in [-0.25, -0.2) is 0 Å². The molecule has 43 heavy (non-hydrogen) atoms. The Morgan fingerprint density at radius 3 is 2.05 bits per heavy atom. The number of nitrogens with zero attached hydrogens (tertiary/aromatic N) is 1. The van der Waals surface area contributed by atoms with E-state index in [-0.39, 0.29) is 0 Å². The van der Waals surface area contributed by atoms with Gasteiger partial charge in [-0.1, -0.05) is 127 Å². The van der Waals surface area contributed by atoms with Crippen LogP contribution in [-0.2, 0) is 4.57 Å². The van der Waals surface area contributed by atoms with Gasteiger partial charge < -0.3 is 9.13 Å². The summed E-state index contributed by atoms with van der Waals surface area (Å²) in [5.74, 6) is 0. The van der Waals surface area contributed by atoms with Gasteiger partial charge in [-0.15, -0.1) is 0 Å². The second kappa shape index (κ2) is 9.16. The smallest absolute Gasteiger partial charge is 0.172 e. The van der Waals surface area contributed by atoms with Crippen LogP contribution in [0, 0.1) is 0 Å². The molecule has 1 aliphatic rings. The van der Waals surface area contributed by atoms with Gasteiger partial charge in [0.1, 0.15) is 0 Å². The average Bonchev–Trinajstić information content (AvgIpc) is 3.55. The van der Waals surface area contributed by atoms with Gasteiger partial charge in [0.25, 0.3) is 0 Å². The largest absolute Gasteiger partial charge is 0.309 e. The summed E-state index contributed by atoms with van der Waals surface area (Å²) in [6.07, 6.45) is 0. The van der Waals surface area contributed by atoms with Crippen molar-refractivity contribution in [2.24, 2.45) is 0 Å². The van der Waals surface area contributed by atoms with E-state index in [2.05, 4.69) is 120 Å². The predicted octanol–water partition coefficient (Wildman–Crippen LogP) is 9.22. The minimum atomic E-state index is -3.11. The molecule has 8 aromatic rings. The zero-order valence-electron chi connectivity index (χ0n) is 23.3. The fourth-order valence-electron chi connectivity index (χ4n) is 7.04. The third-order valence-corrected chi connectivity index (χ3v) is 12.2. The molecule has 9 rings (SSSR count). The third-order valence-electron chi connectivity index (χ3n) is 8.99. The van der Waals surface area contributed by atoms with Gasteiger partial charge >= 0.3 is 0 Å². The van der Waals surface area contributed by atoms with E-state index in [1.807, 2.05) is 42.5 Å². The SMILES string of the molecule is O=P1(c2ccccc2)c2ccccc2-c2ccc3c(c21)c1ccccc1n3-c1ccc(-c2ccc3ccccc3c2)cc1. The van der Waals surface area contributed by atoms with Crippen LogP contribution in [0.15, 0.2) is 158 Å². The van der Waals surface area contributed by atoms with Crippen molar-refractivity contribution in [3.05, 3.63) is 158 Å². The first-order chi connectivity index (χ1) is 21.2. The molecule has 1 atom stereocenters. The fourth-order valence-corrected chi connectivity index (χ4v) is 10.3. The van der Waals surface area contributed by atoms with Gasteiger partial charge in [0, 0.05) is 32.4 Å². The Kier molecular flexibility index (Phi) is 5.21. The maximum Gasteiger partial charge on any atom is 0.172 e. The van der Waals surface area contributed by atoms with Gasteiger partial charge in [0.15, 0.2) is 7.14 Å². The van der Waals surface area contributed by atoms with E-state index in [4.69, 9.17) is 0 Å². The van der Waals surface area contributed by atoms with Crippen LogP contribution < -0.4 is 15.9 Å². The summed E-state index contributed by atoms with van der Waals surface area (Å²) in [6.45, 7) is 0. The van der Waals surface area contributed by atoms with E-state index in [1.54, 1.807) is 0 Å². The first-order valence-electron chi connectivity index (χ1n) is 14.6. The van der Waals surface area contributed by atoms with Crippen molar-refractivity contribution in [1.29, 1.82) is 0 Å². The zero-order valence-corrected chi connectivity index (χ0v) is 24.2. The van der Waals surface area contributed by atoms with Crippen molar-refractivity contribution < 1.29 is 4.57 Å². The number of aromatic nitrogens is 1. The molecule has 0 amide bonds. The van der Waals surface area contributed by atoms with E-state index in [0.717, 1.165) is 54.5 Å². The summed E-state index contributed by atoms with van der Waals surface area (Å²) < 4.78 is 17.9. The van der Waals surface area contributed by atoms with E-state index < -0.39 is 7.14 Å². The lowest BCUT2D eigenvalue weighted by Gasteiger charge is -2.17. The van der Waals surface area contributed by atoms with Crippen LogP contribution in [0.4, 0.5) is 0 Å². The van der Waals surface area contributed by atoms with Gasteiger partial charge in [-0.3, -0.25) is 0 Å². The van der Waals surface area contributed by atoms with E-state index in [9.17, 15) is 0 Å².